The van der Waals surface area contributed by atoms with Crippen molar-refractivity contribution in [1.29, 1.82) is 0 Å². The Hall–Kier alpha value is -4.41. The molecule has 7 rings (SSSR count). The van der Waals surface area contributed by atoms with Crippen molar-refractivity contribution in [2.24, 2.45) is 0 Å². The summed E-state index contributed by atoms with van der Waals surface area (Å²) in [6, 6.07) is 37.9. The van der Waals surface area contributed by atoms with Gasteiger partial charge in [-0.05, 0) is 35.4 Å². The Morgan fingerprint density at radius 1 is 0.514 bits per heavy atom. The fourth-order valence-electron chi connectivity index (χ4n) is 4.53. The van der Waals surface area contributed by atoms with E-state index in [2.05, 4.69) is 102 Å². The number of rotatable bonds is 3. The first kappa shape index (κ1) is 20.0. The van der Waals surface area contributed by atoms with E-state index in [1.807, 2.05) is 18.3 Å². The zero-order chi connectivity index (χ0) is 23.2. The van der Waals surface area contributed by atoms with Gasteiger partial charge in [-0.15, -0.1) is 11.3 Å². The summed E-state index contributed by atoms with van der Waals surface area (Å²) in [4.78, 5) is 14.4. The van der Waals surface area contributed by atoms with Gasteiger partial charge in [0.1, 0.15) is 5.01 Å². The number of hydrogen-bond donors (Lipinski definition) is 0. The lowest BCUT2D eigenvalue weighted by Gasteiger charge is -2.07. The molecule has 3 heterocycles. The van der Waals surface area contributed by atoms with E-state index in [0.29, 0.717) is 0 Å². The van der Waals surface area contributed by atoms with E-state index in [1.54, 1.807) is 11.3 Å². The molecule has 0 atom stereocenters. The molecular formula is C31H19N3S. The molecule has 0 spiro atoms. The monoisotopic (exact) mass is 465 g/mol. The highest BCUT2D eigenvalue weighted by atomic mass is 32.1. The van der Waals surface area contributed by atoms with E-state index in [0.717, 1.165) is 60.3 Å². The summed E-state index contributed by atoms with van der Waals surface area (Å²) >= 11 is 1.73. The smallest absolute Gasteiger partial charge is 0.124 e. The van der Waals surface area contributed by atoms with Crippen molar-refractivity contribution in [2.75, 3.05) is 0 Å². The largest absolute Gasteiger partial charge is 0.254 e. The summed E-state index contributed by atoms with van der Waals surface area (Å²) in [5, 5.41) is 3.26. The second kappa shape index (κ2) is 8.12. The maximum absolute atomic E-state index is 4.98. The van der Waals surface area contributed by atoms with Crippen LogP contribution in [-0.2, 0) is 0 Å². The fourth-order valence-corrected chi connectivity index (χ4v) is 5.48. The van der Waals surface area contributed by atoms with Crippen molar-refractivity contribution in [3.05, 3.63) is 115 Å². The van der Waals surface area contributed by atoms with Crippen molar-refractivity contribution >= 4 is 43.4 Å². The first-order valence-electron chi connectivity index (χ1n) is 11.5. The Bertz CT molecular complexity index is 1840. The summed E-state index contributed by atoms with van der Waals surface area (Å²) in [6.07, 6.45) is 1.83. The van der Waals surface area contributed by atoms with Gasteiger partial charge in [0.25, 0.3) is 0 Å². The minimum Gasteiger partial charge on any atom is -0.254 e. The number of hydrogen-bond acceptors (Lipinski definition) is 4. The molecular weight excluding hydrogens is 446 g/mol. The first-order valence-corrected chi connectivity index (χ1v) is 12.3. The number of fused-ring (bicyclic) bond motifs is 4. The second-order valence-corrected chi connectivity index (χ2v) is 9.58. The molecule has 35 heavy (non-hydrogen) atoms. The number of nitrogens with zero attached hydrogens (tertiary/aromatic N) is 3. The number of pyridine rings is 2. The Morgan fingerprint density at radius 2 is 1.26 bits per heavy atom. The molecule has 3 nitrogen and oxygen atoms in total. The van der Waals surface area contributed by atoms with Crippen LogP contribution in [0.1, 0.15) is 0 Å². The van der Waals surface area contributed by atoms with Crippen LogP contribution in [0.4, 0.5) is 0 Å². The van der Waals surface area contributed by atoms with Gasteiger partial charge in [0, 0.05) is 28.1 Å². The van der Waals surface area contributed by atoms with Crippen LogP contribution in [0.5, 0.6) is 0 Å². The molecule has 0 N–H and O–H groups in total. The van der Waals surface area contributed by atoms with E-state index in [1.165, 1.54) is 4.70 Å². The van der Waals surface area contributed by atoms with Gasteiger partial charge in [0.15, 0.2) is 0 Å². The average Bonchev–Trinajstić information content (AvgIpc) is 3.37. The van der Waals surface area contributed by atoms with Gasteiger partial charge in [-0.3, -0.25) is 4.98 Å². The number of aromatic nitrogens is 3. The normalized spacial score (nSPS) is 11.4. The lowest BCUT2D eigenvalue weighted by Crippen LogP contribution is -1.88. The zero-order valence-corrected chi connectivity index (χ0v) is 19.5. The molecule has 0 fully saturated rings. The van der Waals surface area contributed by atoms with Gasteiger partial charge in [-0.1, -0.05) is 84.9 Å². The Kier molecular flexibility index (Phi) is 4.64. The molecule has 4 aromatic carbocycles. The van der Waals surface area contributed by atoms with Crippen molar-refractivity contribution in [3.8, 4) is 33.0 Å². The SMILES string of the molecule is c1ccc(-c2nc3cc(-c4ccc(-c5ccc6ccc7cccnc7c6n5)cc4)ccc3s2)cc1. The molecule has 0 aliphatic rings. The zero-order valence-electron chi connectivity index (χ0n) is 18.7. The molecule has 0 aliphatic carbocycles. The predicted octanol–water partition coefficient (Wildman–Crippen LogP) is 8.39. The predicted molar refractivity (Wildman–Crippen MR) is 147 cm³/mol. The van der Waals surface area contributed by atoms with Gasteiger partial charge in [0.05, 0.1) is 26.9 Å². The van der Waals surface area contributed by atoms with Crippen LogP contribution in [0.25, 0.3) is 65.0 Å². The van der Waals surface area contributed by atoms with Crippen LogP contribution in [0.3, 0.4) is 0 Å². The van der Waals surface area contributed by atoms with Crippen molar-refractivity contribution < 1.29 is 0 Å². The minimum atomic E-state index is 0.938. The Balaban J connectivity index is 1.24. The fraction of sp³-hybridized carbons (Fsp3) is 0. The molecule has 0 radical (unpaired) electrons. The minimum absolute atomic E-state index is 0.938. The van der Waals surface area contributed by atoms with E-state index in [9.17, 15) is 0 Å². The third-order valence-corrected chi connectivity index (χ3v) is 7.44. The highest BCUT2D eigenvalue weighted by Gasteiger charge is 2.09. The maximum Gasteiger partial charge on any atom is 0.124 e. The summed E-state index contributed by atoms with van der Waals surface area (Å²) in [7, 11) is 0. The summed E-state index contributed by atoms with van der Waals surface area (Å²) < 4.78 is 1.20. The Labute approximate surface area is 206 Å². The van der Waals surface area contributed by atoms with Crippen LogP contribution in [0.2, 0.25) is 0 Å². The van der Waals surface area contributed by atoms with Gasteiger partial charge >= 0.3 is 0 Å². The third-order valence-electron chi connectivity index (χ3n) is 6.35. The molecule has 0 saturated heterocycles. The van der Waals surface area contributed by atoms with E-state index in [4.69, 9.17) is 9.97 Å². The highest BCUT2D eigenvalue weighted by Crippen LogP contribution is 2.33. The van der Waals surface area contributed by atoms with Gasteiger partial charge in [0.2, 0.25) is 0 Å². The van der Waals surface area contributed by atoms with Gasteiger partial charge < -0.3 is 0 Å². The van der Waals surface area contributed by atoms with Crippen LogP contribution in [0, 0.1) is 0 Å². The van der Waals surface area contributed by atoms with Crippen LogP contribution in [0.15, 0.2) is 115 Å². The lowest BCUT2D eigenvalue weighted by atomic mass is 10.0. The maximum atomic E-state index is 4.98. The summed E-state index contributed by atoms with van der Waals surface area (Å²) in [6.45, 7) is 0. The summed E-state index contributed by atoms with van der Waals surface area (Å²) in [5.41, 5.74) is 8.43. The molecule has 4 heteroatoms. The van der Waals surface area contributed by atoms with Crippen LogP contribution in [-0.4, -0.2) is 15.0 Å². The topological polar surface area (TPSA) is 38.7 Å². The number of thiazole rings is 1. The van der Waals surface area contributed by atoms with Crippen molar-refractivity contribution in [1.82, 2.24) is 15.0 Å². The highest BCUT2D eigenvalue weighted by molar-refractivity contribution is 7.21. The van der Waals surface area contributed by atoms with Crippen molar-refractivity contribution in [2.45, 2.75) is 0 Å². The van der Waals surface area contributed by atoms with Crippen LogP contribution >= 0.6 is 11.3 Å². The molecule has 164 valence electrons. The molecule has 0 bridgehead atoms. The molecule has 3 aromatic heterocycles. The molecule has 0 aliphatic heterocycles. The second-order valence-electron chi connectivity index (χ2n) is 8.55. The standard InChI is InChI=1S/C31H19N3S/c1-2-5-24(6-3-1)31-34-27-19-25(15-17-28(27)35-31)20-8-10-21(11-9-20)26-16-14-23-13-12-22-7-4-18-32-29(22)30(23)33-26/h1-19H. The van der Waals surface area contributed by atoms with Crippen LogP contribution < -0.4 is 0 Å². The van der Waals surface area contributed by atoms with Crippen molar-refractivity contribution in [3.63, 3.8) is 0 Å². The molecule has 0 saturated carbocycles. The number of benzene rings is 4. The van der Waals surface area contributed by atoms with E-state index >= 15 is 0 Å². The molecule has 0 amide bonds. The third kappa shape index (κ3) is 3.56. The lowest BCUT2D eigenvalue weighted by molar-refractivity contribution is 1.37. The van der Waals surface area contributed by atoms with Gasteiger partial charge in [-0.25, -0.2) is 9.97 Å². The average molecular weight is 466 g/mol. The molecule has 0 unspecified atom stereocenters. The summed E-state index contributed by atoms with van der Waals surface area (Å²) in [5.74, 6) is 0. The first-order chi connectivity index (χ1) is 17.3. The van der Waals surface area contributed by atoms with Gasteiger partial charge in [-0.2, -0.15) is 0 Å². The van der Waals surface area contributed by atoms with E-state index in [-0.39, 0.29) is 0 Å². The Morgan fingerprint density at radius 3 is 2.11 bits per heavy atom. The quantitative estimate of drug-likeness (QED) is 0.246. The van der Waals surface area contributed by atoms with E-state index < -0.39 is 0 Å². The molecule has 7 aromatic rings.